The number of pyridine rings is 1. The van der Waals surface area contributed by atoms with Gasteiger partial charge >= 0.3 is 0 Å². The average Bonchev–Trinajstić information content (AvgIpc) is 2.87. The molecule has 10 heteroatoms. The minimum atomic E-state index is -0.842. The number of ether oxygens (including phenoxy) is 1. The van der Waals surface area contributed by atoms with Gasteiger partial charge in [0.25, 0.3) is 11.6 Å². The first kappa shape index (κ1) is 23.6. The van der Waals surface area contributed by atoms with Crippen molar-refractivity contribution >= 4 is 51.2 Å². The van der Waals surface area contributed by atoms with Gasteiger partial charge < -0.3 is 20.7 Å². The van der Waals surface area contributed by atoms with Crippen LogP contribution in [0, 0.1) is 10.1 Å². The Morgan fingerprint density at radius 2 is 1.83 bits per heavy atom. The van der Waals surface area contributed by atoms with Crippen molar-refractivity contribution < 1.29 is 14.5 Å². The van der Waals surface area contributed by atoms with Gasteiger partial charge in [-0.15, -0.1) is 0 Å². The molecule has 0 saturated heterocycles. The number of hydrogen-bond donors (Lipinski definition) is 3. The molecule has 176 valence electrons. The van der Waals surface area contributed by atoms with Crippen LogP contribution in [0.25, 0.3) is 10.9 Å². The molecule has 0 bridgehead atoms. The van der Waals surface area contributed by atoms with Crippen LogP contribution in [0.3, 0.4) is 0 Å². The number of nitrogens with one attached hydrogen (secondary N) is 3. The maximum Gasteiger partial charge on any atom is 0.271 e. The summed E-state index contributed by atoms with van der Waals surface area (Å²) in [6.07, 6.45) is 1.71. The topological polar surface area (TPSA) is 118 Å². The number of thiocarbonyl (C=S) groups is 1. The summed E-state index contributed by atoms with van der Waals surface area (Å²) in [6, 6.07) is 21.6. The summed E-state index contributed by atoms with van der Waals surface area (Å²) in [7, 11) is 1.45. The number of nitro benzene ring substituents is 1. The van der Waals surface area contributed by atoms with Crippen molar-refractivity contribution in [2.75, 3.05) is 17.7 Å². The first-order valence-electron chi connectivity index (χ1n) is 10.5. The van der Waals surface area contributed by atoms with Crippen LogP contribution in [0.5, 0.6) is 5.75 Å². The zero-order valence-corrected chi connectivity index (χ0v) is 19.4. The Bertz CT molecular complexity index is 1400. The van der Waals surface area contributed by atoms with Crippen LogP contribution in [0.2, 0.25) is 0 Å². The molecule has 0 spiro atoms. The molecule has 0 aliphatic heterocycles. The highest BCUT2D eigenvalue weighted by Gasteiger charge is 2.22. The van der Waals surface area contributed by atoms with Crippen LogP contribution in [0.15, 0.2) is 85.1 Å². The van der Waals surface area contributed by atoms with Gasteiger partial charge in [-0.25, -0.2) is 0 Å². The van der Waals surface area contributed by atoms with Crippen molar-refractivity contribution in [2.24, 2.45) is 0 Å². The van der Waals surface area contributed by atoms with Crippen LogP contribution < -0.4 is 20.7 Å². The molecule has 35 heavy (non-hydrogen) atoms. The molecular weight excluding hydrogens is 466 g/mol. The minimum absolute atomic E-state index is 0.0931. The third-order valence-corrected chi connectivity index (χ3v) is 5.40. The van der Waals surface area contributed by atoms with Gasteiger partial charge in [0, 0.05) is 29.4 Å². The number of amides is 1. The van der Waals surface area contributed by atoms with E-state index in [1.54, 1.807) is 24.4 Å². The van der Waals surface area contributed by atoms with Crippen LogP contribution in [-0.4, -0.2) is 28.0 Å². The molecular formula is C25H21N5O4S. The molecule has 1 amide bonds. The van der Waals surface area contributed by atoms with Gasteiger partial charge in [0.05, 0.1) is 23.2 Å². The summed E-state index contributed by atoms with van der Waals surface area (Å²) in [5.41, 5.74) is 2.28. The second-order valence-electron chi connectivity index (χ2n) is 7.48. The summed E-state index contributed by atoms with van der Waals surface area (Å²) in [6.45, 7) is 0. The molecule has 0 aliphatic carbocycles. The number of rotatable bonds is 7. The molecule has 3 N–H and O–H groups in total. The van der Waals surface area contributed by atoms with Crippen LogP contribution in [0.1, 0.15) is 11.6 Å². The van der Waals surface area contributed by atoms with E-state index in [1.165, 1.54) is 25.3 Å². The molecule has 3 aromatic carbocycles. The van der Waals surface area contributed by atoms with Crippen LogP contribution in [0.4, 0.5) is 17.1 Å². The standard InChI is InChI=1S/C25H21N5O4S/c1-34-22-12-10-19(30(32)33)15-21(22)28-25(35)29-23(16-6-3-2-4-7-16)24(31)27-18-9-11-20-17(14-18)8-5-13-26-20/h2-15,23H,1H3,(H,27,31)(H2,28,29,35). The van der Waals surface area contributed by atoms with Gasteiger partial charge in [-0.1, -0.05) is 36.4 Å². The summed E-state index contributed by atoms with van der Waals surface area (Å²) < 4.78 is 5.28. The molecule has 9 nitrogen and oxygen atoms in total. The molecule has 0 aliphatic rings. The fourth-order valence-corrected chi connectivity index (χ4v) is 3.74. The third-order valence-electron chi connectivity index (χ3n) is 5.18. The lowest BCUT2D eigenvalue weighted by Gasteiger charge is -2.21. The van der Waals surface area contributed by atoms with E-state index in [-0.39, 0.29) is 16.7 Å². The lowest BCUT2D eigenvalue weighted by Crippen LogP contribution is -2.39. The Morgan fingerprint density at radius 1 is 1.03 bits per heavy atom. The number of fused-ring (bicyclic) bond motifs is 1. The highest BCUT2D eigenvalue weighted by Crippen LogP contribution is 2.29. The molecule has 1 unspecified atom stereocenters. The summed E-state index contributed by atoms with van der Waals surface area (Å²) >= 11 is 5.44. The highest BCUT2D eigenvalue weighted by atomic mass is 32.1. The monoisotopic (exact) mass is 487 g/mol. The first-order chi connectivity index (χ1) is 16.9. The number of nitro groups is 1. The Morgan fingerprint density at radius 3 is 2.57 bits per heavy atom. The van der Waals surface area contributed by atoms with Crippen molar-refractivity contribution in [3.63, 3.8) is 0 Å². The zero-order chi connectivity index (χ0) is 24.8. The summed E-state index contributed by atoms with van der Waals surface area (Å²) in [5, 5.41) is 21.0. The fraction of sp³-hybridized carbons (Fsp3) is 0.0800. The molecule has 1 atom stereocenters. The van der Waals surface area contributed by atoms with Gasteiger partial charge in [-0.2, -0.15) is 0 Å². The number of methoxy groups -OCH3 is 1. The second-order valence-corrected chi connectivity index (χ2v) is 7.89. The van der Waals surface area contributed by atoms with Crippen LogP contribution >= 0.6 is 12.2 Å². The quantitative estimate of drug-likeness (QED) is 0.193. The van der Waals surface area contributed by atoms with Crippen molar-refractivity contribution in [1.82, 2.24) is 10.3 Å². The molecule has 0 fully saturated rings. The molecule has 4 aromatic rings. The van der Waals surface area contributed by atoms with E-state index in [9.17, 15) is 14.9 Å². The summed E-state index contributed by atoms with van der Waals surface area (Å²) in [4.78, 5) is 28.3. The van der Waals surface area contributed by atoms with E-state index in [0.29, 0.717) is 22.7 Å². The predicted octanol–water partition coefficient (Wildman–Crippen LogP) is 4.82. The molecule has 0 radical (unpaired) electrons. The normalized spacial score (nSPS) is 11.3. The fourth-order valence-electron chi connectivity index (χ4n) is 3.51. The molecule has 0 saturated carbocycles. The van der Waals surface area contributed by atoms with Gasteiger partial charge in [0.15, 0.2) is 5.11 Å². The van der Waals surface area contributed by atoms with E-state index in [0.717, 1.165) is 10.9 Å². The average molecular weight is 488 g/mol. The van der Waals surface area contributed by atoms with Crippen molar-refractivity contribution in [2.45, 2.75) is 6.04 Å². The maximum atomic E-state index is 13.3. The van der Waals surface area contributed by atoms with Crippen molar-refractivity contribution in [1.29, 1.82) is 0 Å². The molecule has 4 rings (SSSR count). The number of nitrogens with zero attached hydrogens (tertiary/aromatic N) is 2. The van der Waals surface area contributed by atoms with E-state index >= 15 is 0 Å². The molecule has 1 heterocycles. The number of non-ortho nitro benzene ring substituents is 1. The van der Waals surface area contributed by atoms with Gasteiger partial charge in [0.1, 0.15) is 11.8 Å². The van der Waals surface area contributed by atoms with Crippen molar-refractivity contribution in [3.05, 3.63) is 101 Å². The second kappa shape index (κ2) is 10.6. The Balaban J connectivity index is 1.56. The third kappa shape index (κ3) is 5.68. The lowest BCUT2D eigenvalue weighted by atomic mass is 10.1. The maximum absolute atomic E-state index is 13.3. The predicted molar refractivity (Wildman–Crippen MR) is 139 cm³/mol. The van der Waals surface area contributed by atoms with E-state index in [2.05, 4.69) is 20.9 Å². The summed E-state index contributed by atoms with van der Waals surface area (Å²) in [5.74, 6) is 0.0276. The number of hydrogen-bond acceptors (Lipinski definition) is 6. The van der Waals surface area contributed by atoms with Crippen molar-refractivity contribution in [3.8, 4) is 5.75 Å². The van der Waals surface area contributed by atoms with E-state index in [4.69, 9.17) is 17.0 Å². The van der Waals surface area contributed by atoms with E-state index < -0.39 is 11.0 Å². The Kier molecular flexibility index (Phi) is 7.12. The number of carbonyl (C=O) groups is 1. The van der Waals surface area contributed by atoms with Gasteiger partial charge in [0.2, 0.25) is 0 Å². The van der Waals surface area contributed by atoms with Gasteiger partial charge in [-0.05, 0) is 48.1 Å². The van der Waals surface area contributed by atoms with Gasteiger partial charge in [-0.3, -0.25) is 19.9 Å². The van der Waals surface area contributed by atoms with E-state index in [1.807, 2.05) is 42.5 Å². The Labute approximate surface area is 206 Å². The first-order valence-corrected chi connectivity index (χ1v) is 11.0. The number of aromatic nitrogens is 1. The minimum Gasteiger partial charge on any atom is -0.495 e. The SMILES string of the molecule is COc1ccc([N+](=O)[O-])cc1NC(=S)NC(C(=O)Nc1ccc2ncccc2c1)c1ccccc1. The zero-order valence-electron chi connectivity index (χ0n) is 18.6. The number of benzene rings is 3. The lowest BCUT2D eigenvalue weighted by molar-refractivity contribution is -0.384. The number of carbonyl (C=O) groups excluding carboxylic acids is 1. The molecule has 1 aromatic heterocycles. The largest absolute Gasteiger partial charge is 0.495 e. The van der Waals surface area contributed by atoms with Crippen LogP contribution in [-0.2, 0) is 4.79 Å². The highest BCUT2D eigenvalue weighted by molar-refractivity contribution is 7.80. The number of anilines is 2. The smallest absolute Gasteiger partial charge is 0.271 e. The Hall–Kier alpha value is -4.57.